The zero-order valence-electron chi connectivity index (χ0n) is 23.3. The van der Waals surface area contributed by atoms with Crippen molar-refractivity contribution in [2.45, 2.75) is 31.3 Å². The summed E-state index contributed by atoms with van der Waals surface area (Å²) >= 11 is 0. The van der Waals surface area contributed by atoms with Gasteiger partial charge in [0.25, 0.3) is 10.0 Å². The SMILES string of the molecule is CCNC(=O)C(C)N(Cc1cccc(OC)c1)C(=O)CN(c1ccccc1OC)S(=O)(=O)c1ccc(OC)cc1. The number of sulfonamides is 1. The smallest absolute Gasteiger partial charge is 0.264 e. The number of amides is 2. The van der Waals surface area contributed by atoms with Crippen LogP contribution in [0.1, 0.15) is 19.4 Å². The minimum Gasteiger partial charge on any atom is -0.497 e. The van der Waals surface area contributed by atoms with Crippen molar-refractivity contribution in [3.8, 4) is 17.2 Å². The summed E-state index contributed by atoms with van der Waals surface area (Å²) < 4.78 is 44.9. The molecule has 40 heavy (non-hydrogen) atoms. The minimum atomic E-state index is -4.25. The summed E-state index contributed by atoms with van der Waals surface area (Å²) in [6.45, 7) is 3.24. The number of methoxy groups -OCH3 is 3. The van der Waals surface area contributed by atoms with Crippen LogP contribution in [0.25, 0.3) is 0 Å². The number of carbonyl (C=O) groups is 2. The van der Waals surface area contributed by atoms with Gasteiger partial charge in [-0.1, -0.05) is 24.3 Å². The van der Waals surface area contributed by atoms with Crippen molar-refractivity contribution in [1.82, 2.24) is 10.2 Å². The first-order chi connectivity index (χ1) is 19.2. The van der Waals surface area contributed by atoms with Gasteiger partial charge in [-0.3, -0.25) is 13.9 Å². The van der Waals surface area contributed by atoms with Crippen molar-refractivity contribution < 1.29 is 32.2 Å². The number of para-hydroxylation sites is 2. The topological polar surface area (TPSA) is 114 Å². The third-order valence-corrected chi connectivity index (χ3v) is 8.06. The standard InChI is InChI=1S/C29H35N3O7S/c1-6-30-29(34)21(2)31(19-22-10-9-11-24(18-22)38-4)28(33)20-32(26-12-7-8-13-27(26)39-5)40(35,36)25-16-14-23(37-3)15-17-25/h7-18,21H,6,19-20H2,1-5H3,(H,30,34). The van der Waals surface area contributed by atoms with E-state index in [0.717, 1.165) is 4.31 Å². The quantitative estimate of drug-likeness (QED) is 0.335. The highest BCUT2D eigenvalue weighted by Crippen LogP contribution is 2.33. The fourth-order valence-corrected chi connectivity index (χ4v) is 5.52. The van der Waals surface area contributed by atoms with Crippen LogP contribution in [0.2, 0.25) is 0 Å². The molecule has 0 heterocycles. The van der Waals surface area contributed by atoms with Gasteiger partial charge in [0.2, 0.25) is 11.8 Å². The van der Waals surface area contributed by atoms with E-state index in [9.17, 15) is 18.0 Å². The largest absolute Gasteiger partial charge is 0.497 e. The fraction of sp³-hybridized carbons (Fsp3) is 0.310. The number of anilines is 1. The van der Waals surface area contributed by atoms with Crippen LogP contribution in [0, 0.1) is 0 Å². The van der Waals surface area contributed by atoms with E-state index < -0.39 is 28.5 Å². The molecule has 1 atom stereocenters. The Bertz CT molecular complexity index is 1410. The molecule has 0 aromatic heterocycles. The van der Waals surface area contributed by atoms with E-state index in [1.807, 2.05) is 0 Å². The van der Waals surface area contributed by atoms with Crippen LogP contribution in [0.15, 0.2) is 77.7 Å². The Balaban J connectivity index is 2.07. The third-order valence-electron chi connectivity index (χ3n) is 6.29. The number of hydrogen-bond donors (Lipinski definition) is 1. The number of rotatable bonds is 13. The third kappa shape index (κ3) is 7.03. The van der Waals surface area contributed by atoms with Crippen LogP contribution in [0.4, 0.5) is 5.69 Å². The molecule has 3 aromatic carbocycles. The van der Waals surface area contributed by atoms with Gasteiger partial charge in [0.15, 0.2) is 0 Å². The molecule has 0 radical (unpaired) electrons. The molecule has 1 unspecified atom stereocenters. The van der Waals surface area contributed by atoms with Gasteiger partial charge in [0.1, 0.15) is 29.8 Å². The molecule has 214 valence electrons. The number of ether oxygens (including phenoxy) is 3. The van der Waals surface area contributed by atoms with Crippen molar-refractivity contribution in [1.29, 1.82) is 0 Å². The molecule has 0 saturated heterocycles. The van der Waals surface area contributed by atoms with Gasteiger partial charge in [-0.2, -0.15) is 0 Å². The second-order valence-corrected chi connectivity index (χ2v) is 10.7. The summed E-state index contributed by atoms with van der Waals surface area (Å²) in [4.78, 5) is 28.1. The molecule has 10 nitrogen and oxygen atoms in total. The van der Waals surface area contributed by atoms with E-state index in [0.29, 0.717) is 23.6 Å². The maximum absolute atomic E-state index is 14.0. The number of hydrogen-bond acceptors (Lipinski definition) is 7. The van der Waals surface area contributed by atoms with Gasteiger partial charge >= 0.3 is 0 Å². The summed E-state index contributed by atoms with van der Waals surface area (Å²) in [5, 5.41) is 2.74. The number of benzene rings is 3. The van der Waals surface area contributed by atoms with E-state index in [4.69, 9.17) is 14.2 Å². The van der Waals surface area contributed by atoms with Gasteiger partial charge in [-0.05, 0) is 67.9 Å². The van der Waals surface area contributed by atoms with Gasteiger partial charge in [0, 0.05) is 13.1 Å². The van der Waals surface area contributed by atoms with Crippen molar-refractivity contribution >= 4 is 27.5 Å². The molecular weight excluding hydrogens is 534 g/mol. The van der Waals surface area contributed by atoms with Crippen molar-refractivity contribution in [3.05, 3.63) is 78.4 Å². The van der Waals surface area contributed by atoms with Crippen LogP contribution in [-0.4, -0.2) is 65.6 Å². The maximum atomic E-state index is 14.0. The minimum absolute atomic E-state index is 0.0388. The maximum Gasteiger partial charge on any atom is 0.264 e. The Labute approximate surface area is 235 Å². The van der Waals surface area contributed by atoms with E-state index in [1.165, 1.54) is 50.5 Å². The first kappa shape index (κ1) is 30.3. The first-order valence-corrected chi connectivity index (χ1v) is 14.1. The first-order valence-electron chi connectivity index (χ1n) is 12.7. The summed E-state index contributed by atoms with van der Waals surface area (Å²) in [5.74, 6) is 0.404. The van der Waals surface area contributed by atoms with Crippen LogP contribution in [0.3, 0.4) is 0 Å². The number of nitrogens with one attached hydrogen (secondary N) is 1. The Hall–Kier alpha value is -4.25. The summed E-state index contributed by atoms with van der Waals surface area (Å²) in [7, 11) is 0.190. The zero-order chi connectivity index (χ0) is 29.3. The predicted octanol–water partition coefficient (Wildman–Crippen LogP) is 3.46. The van der Waals surface area contributed by atoms with Gasteiger partial charge < -0.3 is 24.4 Å². The molecule has 0 saturated carbocycles. The molecule has 3 rings (SSSR count). The van der Waals surface area contributed by atoms with Crippen molar-refractivity contribution in [3.63, 3.8) is 0 Å². The Kier molecular flexibility index (Phi) is 10.4. The molecule has 0 fully saturated rings. The molecule has 0 bridgehead atoms. The molecule has 1 N–H and O–H groups in total. The van der Waals surface area contributed by atoms with Crippen molar-refractivity contribution in [2.75, 3.05) is 38.7 Å². The summed E-state index contributed by atoms with van der Waals surface area (Å²) in [5.41, 5.74) is 0.895. The highest BCUT2D eigenvalue weighted by Gasteiger charge is 2.33. The van der Waals surface area contributed by atoms with Gasteiger partial charge in [-0.15, -0.1) is 0 Å². The van der Waals surface area contributed by atoms with Crippen LogP contribution >= 0.6 is 0 Å². The zero-order valence-corrected chi connectivity index (χ0v) is 24.1. The lowest BCUT2D eigenvalue weighted by molar-refractivity contribution is -0.139. The number of carbonyl (C=O) groups excluding carboxylic acids is 2. The molecule has 0 aliphatic heterocycles. The fourth-order valence-electron chi connectivity index (χ4n) is 4.10. The summed E-state index contributed by atoms with van der Waals surface area (Å²) in [6.07, 6.45) is 0. The lowest BCUT2D eigenvalue weighted by Gasteiger charge is -2.32. The predicted molar refractivity (Wildman–Crippen MR) is 152 cm³/mol. The normalized spacial score (nSPS) is 11.7. The molecule has 2 amide bonds. The van der Waals surface area contributed by atoms with E-state index in [-0.39, 0.29) is 28.8 Å². The Morgan fingerprint density at radius 3 is 2.17 bits per heavy atom. The molecule has 11 heteroatoms. The van der Waals surface area contributed by atoms with Crippen LogP contribution < -0.4 is 23.8 Å². The molecule has 0 spiro atoms. The highest BCUT2D eigenvalue weighted by molar-refractivity contribution is 7.92. The number of likely N-dealkylation sites (N-methyl/N-ethyl adjacent to an activating group) is 1. The lowest BCUT2D eigenvalue weighted by Crippen LogP contribution is -2.51. The Morgan fingerprint density at radius 2 is 1.55 bits per heavy atom. The van der Waals surface area contributed by atoms with E-state index in [1.54, 1.807) is 62.4 Å². The second-order valence-electron chi connectivity index (χ2n) is 8.80. The molecular formula is C29H35N3O7S. The second kappa shape index (κ2) is 13.7. The van der Waals surface area contributed by atoms with Gasteiger partial charge in [-0.25, -0.2) is 8.42 Å². The van der Waals surface area contributed by atoms with Crippen LogP contribution in [-0.2, 0) is 26.2 Å². The van der Waals surface area contributed by atoms with E-state index in [2.05, 4.69) is 5.32 Å². The van der Waals surface area contributed by atoms with E-state index >= 15 is 0 Å². The monoisotopic (exact) mass is 569 g/mol. The average Bonchev–Trinajstić information content (AvgIpc) is 2.98. The lowest BCUT2D eigenvalue weighted by atomic mass is 10.1. The average molecular weight is 570 g/mol. The molecule has 3 aromatic rings. The van der Waals surface area contributed by atoms with Crippen LogP contribution in [0.5, 0.6) is 17.2 Å². The Morgan fingerprint density at radius 1 is 0.875 bits per heavy atom. The van der Waals surface area contributed by atoms with Gasteiger partial charge in [0.05, 0.1) is 31.9 Å². The summed E-state index contributed by atoms with van der Waals surface area (Å²) in [6, 6.07) is 18.6. The molecule has 0 aliphatic carbocycles. The molecule has 0 aliphatic rings. The van der Waals surface area contributed by atoms with Crippen molar-refractivity contribution in [2.24, 2.45) is 0 Å². The number of nitrogens with zero attached hydrogens (tertiary/aromatic N) is 2. The highest BCUT2D eigenvalue weighted by atomic mass is 32.2.